The van der Waals surface area contributed by atoms with Crippen molar-refractivity contribution in [1.29, 1.82) is 0 Å². The van der Waals surface area contributed by atoms with Crippen LogP contribution < -0.4 is 4.74 Å². The maximum absolute atomic E-state index is 10.5. The number of hydrogen-bond acceptors (Lipinski definition) is 3. The van der Waals surface area contributed by atoms with Crippen LogP contribution in [0.4, 0.5) is 0 Å². The van der Waals surface area contributed by atoms with Crippen LogP contribution in [0.1, 0.15) is 18.1 Å². The van der Waals surface area contributed by atoms with E-state index in [0.29, 0.717) is 25.6 Å². The molecule has 1 N–H and O–H groups in total. The van der Waals surface area contributed by atoms with Gasteiger partial charge >= 0.3 is 5.97 Å². The minimum atomic E-state index is -0.975. The molecular formula is C14H18O4. The zero-order valence-electron chi connectivity index (χ0n) is 10.7. The Bertz CT molecular complexity index is 424. The summed E-state index contributed by atoms with van der Waals surface area (Å²) in [5, 5.41) is 8.63. The topological polar surface area (TPSA) is 55.8 Å². The standard InChI is InChI=1S/C14H18O4/c1-3-17-8-9-18-13-6-4-11(2)10-12(13)5-7-14(15)16/h4-7,10H,3,8-9H2,1-2H3,(H,15,16). The number of benzene rings is 1. The summed E-state index contributed by atoms with van der Waals surface area (Å²) >= 11 is 0. The smallest absolute Gasteiger partial charge is 0.328 e. The predicted molar refractivity (Wildman–Crippen MR) is 69.8 cm³/mol. The molecule has 1 aromatic carbocycles. The molecule has 0 aliphatic heterocycles. The predicted octanol–water partition coefficient (Wildman–Crippen LogP) is 2.51. The van der Waals surface area contributed by atoms with Crippen LogP contribution in [0.3, 0.4) is 0 Å². The van der Waals surface area contributed by atoms with Crippen LogP contribution in [-0.4, -0.2) is 30.9 Å². The molecule has 0 heterocycles. The van der Waals surface area contributed by atoms with Gasteiger partial charge in [-0.15, -0.1) is 0 Å². The highest BCUT2D eigenvalue weighted by Gasteiger charge is 2.02. The highest BCUT2D eigenvalue weighted by Crippen LogP contribution is 2.21. The first kappa shape index (κ1) is 14.3. The molecule has 1 rings (SSSR count). The van der Waals surface area contributed by atoms with Crippen LogP contribution in [0, 0.1) is 6.92 Å². The number of aryl methyl sites for hydroxylation is 1. The second-order valence-corrected chi connectivity index (χ2v) is 3.76. The van der Waals surface area contributed by atoms with E-state index >= 15 is 0 Å². The summed E-state index contributed by atoms with van der Waals surface area (Å²) in [4.78, 5) is 10.5. The van der Waals surface area contributed by atoms with Crippen LogP contribution in [0.25, 0.3) is 6.08 Å². The molecule has 0 spiro atoms. The van der Waals surface area contributed by atoms with Crippen molar-refractivity contribution in [2.45, 2.75) is 13.8 Å². The maximum atomic E-state index is 10.5. The third kappa shape index (κ3) is 5.01. The van der Waals surface area contributed by atoms with E-state index in [1.165, 1.54) is 6.08 Å². The molecule has 0 aromatic heterocycles. The summed E-state index contributed by atoms with van der Waals surface area (Å²) in [6, 6.07) is 5.65. The van der Waals surface area contributed by atoms with E-state index in [2.05, 4.69) is 0 Å². The molecule has 18 heavy (non-hydrogen) atoms. The largest absolute Gasteiger partial charge is 0.491 e. The number of carboxylic acids is 1. The molecule has 0 saturated carbocycles. The van der Waals surface area contributed by atoms with Gasteiger partial charge in [-0.25, -0.2) is 4.79 Å². The summed E-state index contributed by atoms with van der Waals surface area (Å²) in [5.41, 5.74) is 1.81. The van der Waals surface area contributed by atoms with Gasteiger partial charge in [0.1, 0.15) is 12.4 Å². The van der Waals surface area contributed by atoms with E-state index in [4.69, 9.17) is 14.6 Å². The maximum Gasteiger partial charge on any atom is 0.328 e. The van der Waals surface area contributed by atoms with Crippen LogP contribution in [0.2, 0.25) is 0 Å². The van der Waals surface area contributed by atoms with Gasteiger partial charge < -0.3 is 14.6 Å². The molecule has 4 nitrogen and oxygen atoms in total. The van der Waals surface area contributed by atoms with Gasteiger partial charge in [-0.05, 0) is 32.1 Å². The molecule has 0 bridgehead atoms. The van der Waals surface area contributed by atoms with Crippen molar-refractivity contribution in [3.05, 3.63) is 35.4 Å². The zero-order valence-corrected chi connectivity index (χ0v) is 10.7. The third-order valence-electron chi connectivity index (χ3n) is 2.26. The van der Waals surface area contributed by atoms with Crippen molar-refractivity contribution in [2.24, 2.45) is 0 Å². The van der Waals surface area contributed by atoms with Crippen molar-refractivity contribution >= 4 is 12.0 Å². The number of carbonyl (C=O) groups is 1. The number of carboxylic acid groups (broad SMARTS) is 1. The fourth-order valence-corrected chi connectivity index (χ4v) is 1.45. The van der Waals surface area contributed by atoms with E-state index in [0.717, 1.165) is 17.2 Å². The molecular weight excluding hydrogens is 232 g/mol. The second-order valence-electron chi connectivity index (χ2n) is 3.76. The lowest BCUT2D eigenvalue weighted by molar-refractivity contribution is -0.131. The number of rotatable bonds is 7. The van der Waals surface area contributed by atoms with Gasteiger partial charge in [0, 0.05) is 18.2 Å². The summed E-state index contributed by atoms with van der Waals surface area (Å²) < 4.78 is 10.7. The first-order valence-electron chi connectivity index (χ1n) is 5.85. The zero-order chi connectivity index (χ0) is 13.4. The Morgan fingerprint density at radius 1 is 1.39 bits per heavy atom. The van der Waals surface area contributed by atoms with Gasteiger partial charge in [0.25, 0.3) is 0 Å². The Morgan fingerprint density at radius 2 is 2.17 bits per heavy atom. The molecule has 4 heteroatoms. The Balaban J connectivity index is 2.73. The Hall–Kier alpha value is -1.81. The molecule has 98 valence electrons. The third-order valence-corrected chi connectivity index (χ3v) is 2.26. The Morgan fingerprint density at radius 3 is 2.83 bits per heavy atom. The van der Waals surface area contributed by atoms with Crippen LogP contribution in [0.5, 0.6) is 5.75 Å². The van der Waals surface area contributed by atoms with Crippen molar-refractivity contribution in [1.82, 2.24) is 0 Å². The van der Waals surface area contributed by atoms with Gasteiger partial charge in [0.2, 0.25) is 0 Å². The molecule has 0 amide bonds. The fourth-order valence-electron chi connectivity index (χ4n) is 1.45. The van der Waals surface area contributed by atoms with E-state index in [1.54, 1.807) is 0 Å². The number of hydrogen-bond donors (Lipinski definition) is 1. The SMILES string of the molecule is CCOCCOc1ccc(C)cc1C=CC(=O)O. The number of ether oxygens (including phenoxy) is 2. The molecule has 0 aliphatic rings. The van der Waals surface area contributed by atoms with Gasteiger partial charge in [-0.2, -0.15) is 0 Å². The normalized spacial score (nSPS) is 10.8. The quantitative estimate of drug-likeness (QED) is 0.596. The first-order valence-corrected chi connectivity index (χ1v) is 5.85. The van der Waals surface area contributed by atoms with Gasteiger partial charge in [0.05, 0.1) is 6.61 Å². The monoisotopic (exact) mass is 250 g/mol. The lowest BCUT2D eigenvalue weighted by Gasteiger charge is -2.10. The van der Waals surface area contributed by atoms with E-state index in [1.807, 2.05) is 32.0 Å². The van der Waals surface area contributed by atoms with E-state index in [9.17, 15) is 4.79 Å². The number of aliphatic carboxylic acids is 1. The van der Waals surface area contributed by atoms with Gasteiger partial charge in [-0.3, -0.25) is 0 Å². The lowest BCUT2D eigenvalue weighted by atomic mass is 10.1. The summed E-state index contributed by atoms with van der Waals surface area (Å²) in [6.45, 7) is 5.50. The van der Waals surface area contributed by atoms with Crippen LogP contribution >= 0.6 is 0 Å². The van der Waals surface area contributed by atoms with E-state index < -0.39 is 5.97 Å². The molecule has 0 atom stereocenters. The average molecular weight is 250 g/mol. The minimum absolute atomic E-state index is 0.449. The minimum Gasteiger partial charge on any atom is -0.491 e. The van der Waals surface area contributed by atoms with E-state index in [-0.39, 0.29) is 0 Å². The average Bonchev–Trinajstić information content (AvgIpc) is 2.34. The highest BCUT2D eigenvalue weighted by molar-refractivity contribution is 5.85. The van der Waals surface area contributed by atoms with Crippen molar-refractivity contribution < 1.29 is 19.4 Å². The Kier molecular flexibility index (Phi) is 5.94. The van der Waals surface area contributed by atoms with Crippen LogP contribution in [0.15, 0.2) is 24.3 Å². The molecule has 0 saturated heterocycles. The molecule has 0 radical (unpaired) electrons. The first-order chi connectivity index (χ1) is 8.63. The molecule has 0 fully saturated rings. The van der Waals surface area contributed by atoms with Gasteiger partial charge in [-0.1, -0.05) is 11.6 Å². The van der Waals surface area contributed by atoms with Gasteiger partial charge in [0.15, 0.2) is 0 Å². The Labute approximate surface area is 107 Å². The van der Waals surface area contributed by atoms with Crippen molar-refractivity contribution in [2.75, 3.05) is 19.8 Å². The summed E-state index contributed by atoms with van der Waals surface area (Å²) in [6.07, 6.45) is 2.63. The lowest BCUT2D eigenvalue weighted by Crippen LogP contribution is -2.07. The fraction of sp³-hybridized carbons (Fsp3) is 0.357. The second kappa shape index (κ2) is 7.50. The van der Waals surface area contributed by atoms with Crippen molar-refractivity contribution in [3.63, 3.8) is 0 Å². The van der Waals surface area contributed by atoms with Crippen molar-refractivity contribution in [3.8, 4) is 5.75 Å². The molecule has 0 aliphatic carbocycles. The molecule has 0 unspecified atom stereocenters. The summed E-state index contributed by atoms with van der Waals surface area (Å²) in [7, 11) is 0. The summed E-state index contributed by atoms with van der Waals surface area (Å²) in [5.74, 6) is -0.311. The highest BCUT2D eigenvalue weighted by atomic mass is 16.5. The molecule has 1 aromatic rings. The van der Waals surface area contributed by atoms with Crippen LogP contribution in [-0.2, 0) is 9.53 Å².